The Hall–Kier alpha value is 0.0500. The number of hydrogen-bond donors (Lipinski definition) is 0. The van der Waals surface area contributed by atoms with Crippen molar-refractivity contribution in [2.75, 3.05) is 12.5 Å². The molecule has 0 fully saturated rings. The second-order valence-electron chi connectivity index (χ2n) is 2.65. The second kappa shape index (κ2) is 5.67. The zero-order chi connectivity index (χ0) is 8.85. The highest BCUT2D eigenvalue weighted by Crippen LogP contribution is 2.03. The zero-order valence-corrected chi connectivity index (χ0v) is 8.15. The third-order valence-electron chi connectivity index (χ3n) is 0.950. The average molecular weight is 199 g/mol. The molecule has 66 valence electrons. The first-order valence-electron chi connectivity index (χ1n) is 3.44. The van der Waals surface area contributed by atoms with Gasteiger partial charge in [-0.25, -0.2) is 0 Å². The van der Waals surface area contributed by atoms with Crippen LogP contribution in [-0.4, -0.2) is 23.8 Å². The predicted molar refractivity (Wildman–Crippen MR) is 46.2 cm³/mol. The lowest BCUT2D eigenvalue weighted by Crippen LogP contribution is -2.21. The van der Waals surface area contributed by atoms with Crippen LogP contribution >= 0.6 is 23.2 Å². The number of rotatable bonds is 4. The Kier molecular flexibility index (Phi) is 5.69. The molecule has 0 aliphatic heterocycles. The van der Waals surface area contributed by atoms with Crippen LogP contribution in [0.15, 0.2) is 0 Å². The lowest BCUT2D eigenvalue weighted by molar-refractivity contribution is -0.143. The first-order valence-corrected chi connectivity index (χ1v) is 4.41. The highest BCUT2D eigenvalue weighted by molar-refractivity contribution is 6.35. The lowest BCUT2D eigenvalue weighted by Gasteiger charge is -2.08. The molecule has 0 aromatic rings. The van der Waals surface area contributed by atoms with Crippen LogP contribution in [0.4, 0.5) is 0 Å². The van der Waals surface area contributed by atoms with Crippen molar-refractivity contribution in [2.24, 2.45) is 5.92 Å². The molecule has 0 unspecified atom stereocenters. The first-order chi connectivity index (χ1) is 5.07. The summed E-state index contributed by atoms with van der Waals surface area (Å²) in [5, 5.41) is -0.713. The molecule has 0 saturated heterocycles. The summed E-state index contributed by atoms with van der Waals surface area (Å²) in [6.07, 6.45) is 0. The molecule has 0 rings (SSSR count). The fourth-order valence-corrected chi connectivity index (χ4v) is 0.591. The standard InChI is InChI=1S/C7H12Cl2O2/c1-5(2)4-11-7(10)6(9)3-8/h5-6H,3-4H2,1-2H3/t6-/m1/s1. The van der Waals surface area contributed by atoms with Crippen LogP contribution in [0, 0.1) is 5.92 Å². The van der Waals surface area contributed by atoms with Crippen molar-refractivity contribution in [2.45, 2.75) is 19.2 Å². The molecule has 0 aliphatic carbocycles. The van der Waals surface area contributed by atoms with Gasteiger partial charge in [0.15, 0.2) is 0 Å². The van der Waals surface area contributed by atoms with E-state index >= 15 is 0 Å². The van der Waals surface area contributed by atoms with Crippen molar-refractivity contribution in [1.82, 2.24) is 0 Å². The Balaban J connectivity index is 3.52. The van der Waals surface area contributed by atoms with Crippen LogP contribution in [0.1, 0.15) is 13.8 Å². The number of alkyl halides is 2. The van der Waals surface area contributed by atoms with Crippen molar-refractivity contribution in [3.05, 3.63) is 0 Å². The van der Waals surface area contributed by atoms with Crippen LogP contribution in [0.5, 0.6) is 0 Å². The summed E-state index contributed by atoms with van der Waals surface area (Å²) in [6.45, 7) is 4.31. The molecule has 2 nitrogen and oxygen atoms in total. The van der Waals surface area contributed by atoms with Gasteiger partial charge in [0.1, 0.15) is 5.38 Å². The zero-order valence-electron chi connectivity index (χ0n) is 6.64. The molecule has 0 bridgehead atoms. The molecule has 11 heavy (non-hydrogen) atoms. The maximum atomic E-state index is 10.8. The summed E-state index contributed by atoms with van der Waals surface area (Å²) in [4.78, 5) is 10.8. The number of hydrogen-bond acceptors (Lipinski definition) is 2. The van der Waals surface area contributed by atoms with E-state index in [2.05, 4.69) is 0 Å². The summed E-state index contributed by atoms with van der Waals surface area (Å²) in [5.74, 6) is -0.00751. The molecule has 0 amide bonds. The summed E-state index contributed by atoms with van der Waals surface area (Å²) in [6, 6.07) is 0. The van der Waals surface area contributed by atoms with E-state index in [-0.39, 0.29) is 5.88 Å². The van der Waals surface area contributed by atoms with E-state index in [9.17, 15) is 4.79 Å². The fourth-order valence-electron chi connectivity index (χ4n) is 0.402. The third kappa shape index (κ3) is 5.33. The molecular weight excluding hydrogens is 187 g/mol. The Bertz CT molecular complexity index is 126. The van der Waals surface area contributed by atoms with Crippen molar-refractivity contribution in [1.29, 1.82) is 0 Å². The van der Waals surface area contributed by atoms with E-state index in [0.29, 0.717) is 12.5 Å². The summed E-state index contributed by atoms with van der Waals surface area (Å²) >= 11 is 10.8. The van der Waals surface area contributed by atoms with Gasteiger partial charge >= 0.3 is 5.97 Å². The largest absolute Gasteiger partial charge is 0.464 e. The minimum Gasteiger partial charge on any atom is -0.464 e. The molecule has 0 saturated carbocycles. The SMILES string of the molecule is CC(C)COC(=O)[C@H](Cl)CCl. The molecule has 4 heteroatoms. The maximum Gasteiger partial charge on any atom is 0.325 e. The monoisotopic (exact) mass is 198 g/mol. The van der Waals surface area contributed by atoms with Gasteiger partial charge in [-0.05, 0) is 5.92 Å². The smallest absolute Gasteiger partial charge is 0.325 e. The Morgan fingerprint density at radius 3 is 2.45 bits per heavy atom. The summed E-state index contributed by atoms with van der Waals surface area (Å²) in [7, 11) is 0. The lowest BCUT2D eigenvalue weighted by atomic mass is 10.2. The van der Waals surface area contributed by atoms with Crippen LogP contribution in [-0.2, 0) is 9.53 Å². The van der Waals surface area contributed by atoms with E-state index in [1.807, 2.05) is 13.8 Å². The molecule has 0 aromatic carbocycles. The highest BCUT2D eigenvalue weighted by Gasteiger charge is 2.15. The quantitative estimate of drug-likeness (QED) is 0.511. The third-order valence-corrected chi connectivity index (χ3v) is 1.75. The van der Waals surface area contributed by atoms with Crippen molar-refractivity contribution in [3.63, 3.8) is 0 Å². The molecule has 0 spiro atoms. The molecule has 1 atom stereocenters. The molecule has 0 aliphatic rings. The van der Waals surface area contributed by atoms with Gasteiger partial charge in [0, 0.05) is 5.88 Å². The number of halogens is 2. The van der Waals surface area contributed by atoms with Crippen molar-refractivity contribution in [3.8, 4) is 0 Å². The Morgan fingerprint density at radius 1 is 1.55 bits per heavy atom. The molecule has 0 heterocycles. The molecule has 0 radical (unpaired) electrons. The normalized spacial score (nSPS) is 13.2. The van der Waals surface area contributed by atoms with Gasteiger partial charge in [-0.15, -0.1) is 23.2 Å². The molecule has 0 N–H and O–H groups in total. The van der Waals surface area contributed by atoms with Crippen molar-refractivity contribution >= 4 is 29.2 Å². The Labute approximate surface area is 76.8 Å². The van der Waals surface area contributed by atoms with E-state index in [1.54, 1.807) is 0 Å². The second-order valence-corrected chi connectivity index (χ2v) is 3.48. The van der Waals surface area contributed by atoms with Crippen LogP contribution in [0.2, 0.25) is 0 Å². The summed E-state index contributed by atoms with van der Waals surface area (Å²) < 4.78 is 4.80. The van der Waals surface area contributed by atoms with Gasteiger partial charge in [0.05, 0.1) is 6.61 Å². The van der Waals surface area contributed by atoms with Gasteiger partial charge in [0.25, 0.3) is 0 Å². The number of esters is 1. The minimum absolute atomic E-state index is 0.0957. The number of ether oxygens (including phenoxy) is 1. The van der Waals surface area contributed by atoms with Gasteiger partial charge < -0.3 is 4.74 Å². The van der Waals surface area contributed by atoms with Gasteiger partial charge in [-0.2, -0.15) is 0 Å². The van der Waals surface area contributed by atoms with E-state index in [0.717, 1.165) is 0 Å². The van der Waals surface area contributed by atoms with E-state index < -0.39 is 11.3 Å². The average Bonchev–Trinajstić information content (AvgIpc) is 1.98. The molecular formula is C7H12Cl2O2. The van der Waals surface area contributed by atoms with E-state index in [1.165, 1.54) is 0 Å². The van der Waals surface area contributed by atoms with Gasteiger partial charge in [-0.3, -0.25) is 4.79 Å². The van der Waals surface area contributed by atoms with Gasteiger partial charge in [-0.1, -0.05) is 13.8 Å². The number of carbonyl (C=O) groups is 1. The van der Waals surface area contributed by atoms with Crippen LogP contribution < -0.4 is 0 Å². The van der Waals surface area contributed by atoms with Crippen LogP contribution in [0.3, 0.4) is 0 Å². The van der Waals surface area contributed by atoms with Gasteiger partial charge in [0.2, 0.25) is 0 Å². The van der Waals surface area contributed by atoms with Crippen molar-refractivity contribution < 1.29 is 9.53 Å². The van der Waals surface area contributed by atoms with Crippen LogP contribution in [0.25, 0.3) is 0 Å². The molecule has 0 aromatic heterocycles. The number of carbonyl (C=O) groups excluding carboxylic acids is 1. The first kappa shape index (κ1) is 11.1. The topological polar surface area (TPSA) is 26.3 Å². The maximum absolute atomic E-state index is 10.8. The summed E-state index contributed by atoms with van der Waals surface area (Å²) in [5.41, 5.74) is 0. The minimum atomic E-state index is -0.713. The fraction of sp³-hybridized carbons (Fsp3) is 0.857. The highest BCUT2D eigenvalue weighted by atomic mass is 35.5. The predicted octanol–water partition coefficient (Wildman–Crippen LogP) is 2.03. The Morgan fingerprint density at radius 2 is 2.09 bits per heavy atom. The van der Waals surface area contributed by atoms with E-state index in [4.69, 9.17) is 27.9 Å².